The van der Waals surface area contributed by atoms with E-state index in [4.69, 9.17) is 44.3 Å². The maximum atomic E-state index is 11.6. The summed E-state index contributed by atoms with van der Waals surface area (Å²) in [5, 5.41) is 5.20. The Morgan fingerprint density at radius 1 is 1.08 bits per heavy atom. The summed E-state index contributed by atoms with van der Waals surface area (Å²) in [6.45, 7) is 2.56. The van der Waals surface area contributed by atoms with Crippen LogP contribution in [0, 0.1) is 0 Å². The highest BCUT2D eigenvalue weighted by molar-refractivity contribution is 6.43. The molecule has 0 heterocycles. The van der Waals surface area contributed by atoms with Gasteiger partial charge in [-0.15, -0.1) is 0 Å². The van der Waals surface area contributed by atoms with E-state index < -0.39 is 31.1 Å². The number of amides is 3. The van der Waals surface area contributed by atoms with Crippen LogP contribution in [0.4, 0.5) is 4.79 Å². The summed E-state index contributed by atoms with van der Waals surface area (Å²) in [7, 11) is 0. The number of urea groups is 1. The number of hydrogen-bond acceptors (Lipinski definition) is 5. The Kier molecular flexibility index (Phi) is 8.82. The molecule has 0 fully saturated rings. The Morgan fingerprint density at radius 2 is 1.72 bits per heavy atom. The van der Waals surface area contributed by atoms with Gasteiger partial charge in [0.1, 0.15) is 5.75 Å². The lowest BCUT2D eigenvalue weighted by atomic mass is 10.3. The Balaban J connectivity index is 2.37. The SMILES string of the molecule is CC[C@H](C)NC(=O)NC(=O)COC(=O)COc1cc(Cl)c(Cl)cc1Cl. The van der Waals surface area contributed by atoms with Crippen LogP contribution in [0.2, 0.25) is 15.1 Å². The molecule has 0 bridgehead atoms. The van der Waals surface area contributed by atoms with Crippen molar-refractivity contribution < 1.29 is 23.9 Å². The van der Waals surface area contributed by atoms with Crippen molar-refractivity contribution in [3.63, 3.8) is 0 Å². The molecule has 1 rings (SSSR count). The fourth-order valence-electron chi connectivity index (χ4n) is 1.46. The average molecular weight is 412 g/mol. The van der Waals surface area contributed by atoms with E-state index in [2.05, 4.69) is 5.32 Å². The summed E-state index contributed by atoms with van der Waals surface area (Å²) in [5.74, 6) is -1.44. The molecule has 0 radical (unpaired) electrons. The monoisotopic (exact) mass is 410 g/mol. The van der Waals surface area contributed by atoms with E-state index in [1.165, 1.54) is 12.1 Å². The largest absolute Gasteiger partial charge is 0.480 e. The molecule has 0 aliphatic carbocycles. The van der Waals surface area contributed by atoms with Gasteiger partial charge < -0.3 is 14.8 Å². The van der Waals surface area contributed by atoms with Crippen molar-refractivity contribution in [2.75, 3.05) is 13.2 Å². The number of imide groups is 1. The summed E-state index contributed by atoms with van der Waals surface area (Å²) in [6, 6.07) is 1.98. The lowest BCUT2D eigenvalue weighted by Crippen LogP contribution is -2.44. The average Bonchev–Trinajstić information content (AvgIpc) is 2.54. The van der Waals surface area contributed by atoms with Gasteiger partial charge in [0, 0.05) is 12.1 Å². The van der Waals surface area contributed by atoms with E-state index in [1.54, 1.807) is 6.92 Å². The first-order valence-electron chi connectivity index (χ1n) is 7.26. The third-order valence-electron chi connectivity index (χ3n) is 2.93. The second-order valence-electron chi connectivity index (χ2n) is 4.98. The molecule has 3 amide bonds. The molecule has 1 aromatic carbocycles. The summed E-state index contributed by atoms with van der Waals surface area (Å²) in [5.41, 5.74) is 0. The smallest absolute Gasteiger partial charge is 0.344 e. The van der Waals surface area contributed by atoms with E-state index in [9.17, 15) is 14.4 Å². The summed E-state index contributed by atoms with van der Waals surface area (Å²) in [6.07, 6.45) is 0.714. The van der Waals surface area contributed by atoms with Crippen molar-refractivity contribution in [2.45, 2.75) is 26.3 Å². The molecule has 0 saturated heterocycles. The molecule has 25 heavy (non-hydrogen) atoms. The Labute approximate surface area is 159 Å². The van der Waals surface area contributed by atoms with Gasteiger partial charge in [-0.25, -0.2) is 9.59 Å². The minimum Gasteiger partial charge on any atom is -0.480 e. The third kappa shape index (κ3) is 7.81. The number of carbonyl (C=O) groups excluding carboxylic acids is 3. The van der Waals surface area contributed by atoms with Crippen molar-refractivity contribution in [3.05, 3.63) is 27.2 Å². The molecule has 0 saturated carbocycles. The predicted molar refractivity (Wildman–Crippen MR) is 94.4 cm³/mol. The van der Waals surface area contributed by atoms with Gasteiger partial charge >= 0.3 is 12.0 Å². The first-order chi connectivity index (χ1) is 11.7. The maximum Gasteiger partial charge on any atom is 0.344 e. The highest BCUT2D eigenvalue weighted by Crippen LogP contribution is 2.33. The number of nitrogens with one attached hydrogen (secondary N) is 2. The van der Waals surface area contributed by atoms with E-state index >= 15 is 0 Å². The second-order valence-corrected chi connectivity index (χ2v) is 6.20. The van der Waals surface area contributed by atoms with Crippen LogP contribution in [-0.2, 0) is 14.3 Å². The summed E-state index contributed by atoms with van der Waals surface area (Å²) >= 11 is 17.5. The Bertz CT molecular complexity index is 654. The minimum absolute atomic E-state index is 0.0836. The summed E-state index contributed by atoms with van der Waals surface area (Å²) < 4.78 is 9.85. The van der Waals surface area contributed by atoms with Gasteiger partial charge in [0.2, 0.25) is 0 Å². The Hall–Kier alpha value is -1.70. The van der Waals surface area contributed by atoms with Crippen LogP contribution < -0.4 is 15.4 Å². The molecule has 1 atom stereocenters. The van der Waals surface area contributed by atoms with Gasteiger partial charge in [0.15, 0.2) is 13.2 Å². The third-order valence-corrected chi connectivity index (χ3v) is 3.94. The molecule has 0 aliphatic rings. The quantitative estimate of drug-likeness (QED) is 0.531. The van der Waals surface area contributed by atoms with Crippen LogP contribution in [0.25, 0.3) is 0 Å². The fourth-order valence-corrected chi connectivity index (χ4v) is 2.06. The highest BCUT2D eigenvalue weighted by Gasteiger charge is 2.14. The molecular formula is C15H17Cl3N2O5. The van der Waals surface area contributed by atoms with E-state index in [1.807, 2.05) is 12.2 Å². The van der Waals surface area contributed by atoms with Crippen LogP contribution in [0.3, 0.4) is 0 Å². The Morgan fingerprint density at radius 3 is 2.36 bits per heavy atom. The number of benzene rings is 1. The van der Waals surface area contributed by atoms with Crippen LogP contribution in [0.1, 0.15) is 20.3 Å². The van der Waals surface area contributed by atoms with Gasteiger partial charge in [-0.05, 0) is 19.4 Å². The second kappa shape index (κ2) is 10.3. The van der Waals surface area contributed by atoms with Crippen molar-refractivity contribution in [1.82, 2.24) is 10.6 Å². The summed E-state index contributed by atoms with van der Waals surface area (Å²) in [4.78, 5) is 34.5. The number of rotatable bonds is 7. The van der Waals surface area contributed by atoms with Crippen molar-refractivity contribution in [1.29, 1.82) is 0 Å². The zero-order valence-electron chi connectivity index (χ0n) is 13.5. The number of ether oxygens (including phenoxy) is 2. The fraction of sp³-hybridized carbons (Fsp3) is 0.400. The van der Waals surface area contributed by atoms with Gasteiger partial charge in [-0.3, -0.25) is 10.1 Å². The van der Waals surface area contributed by atoms with E-state index in [0.717, 1.165) is 0 Å². The minimum atomic E-state index is -0.820. The lowest BCUT2D eigenvalue weighted by molar-refractivity contribution is -0.150. The van der Waals surface area contributed by atoms with Gasteiger partial charge in [-0.1, -0.05) is 41.7 Å². The van der Waals surface area contributed by atoms with Crippen molar-refractivity contribution in [3.8, 4) is 5.75 Å². The predicted octanol–water partition coefficient (Wildman–Crippen LogP) is 3.19. The maximum absolute atomic E-state index is 11.6. The van der Waals surface area contributed by atoms with E-state index in [-0.39, 0.29) is 26.9 Å². The zero-order valence-corrected chi connectivity index (χ0v) is 15.8. The number of hydrogen-bond donors (Lipinski definition) is 2. The molecule has 0 aliphatic heterocycles. The van der Waals surface area contributed by atoms with E-state index in [0.29, 0.717) is 6.42 Å². The van der Waals surface area contributed by atoms with Gasteiger partial charge in [-0.2, -0.15) is 0 Å². The molecule has 7 nitrogen and oxygen atoms in total. The van der Waals surface area contributed by atoms with Crippen LogP contribution in [-0.4, -0.2) is 37.2 Å². The standard InChI is InChI=1S/C15H17Cl3N2O5/c1-3-8(2)19-15(23)20-13(21)6-25-14(22)7-24-12-5-10(17)9(16)4-11(12)18/h4-5,8H,3,6-7H2,1-2H3,(H2,19,20,21,23)/t8-/m0/s1. The zero-order chi connectivity index (χ0) is 19.0. The molecule has 0 unspecified atom stereocenters. The molecule has 0 spiro atoms. The molecule has 10 heteroatoms. The normalized spacial score (nSPS) is 11.4. The number of carbonyl (C=O) groups is 3. The molecule has 0 aromatic heterocycles. The first-order valence-corrected chi connectivity index (χ1v) is 8.39. The van der Waals surface area contributed by atoms with Gasteiger partial charge in [0.05, 0.1) is 15.1 Å². The molecular weight excluding hydrogens is 395 g/mol. The molecule has 2 N–H and O–H groups in total. The highest BCUT2D eigenvalue weighted by atomic mass is 35.5. The lowest BCUT2D eigenvalue weighted by Gasteiger charge is -2.12. The van der Waals surface area contributed by atoms with Crippen LogP contribution >= 0.6 is 34.8 Å². The van der Waals surface area contributed by atoms with Gasteiger partial charge in [0.25, 0.3) is 5.91 Å². The van der Waals surface area contributed by atoms with Crippen molar-refractivity contribution in [2.24, 2.45) is 0 Å². The van der Waals surface area contributed by atoms with Crippen LogP contribution in [0.5, 0.6) is 5.75 Å². The molecule has 1 aromatic rings. The topological polar surface area (TPSA) is 93.7 Å². The van der Waals surface area contributed by atoms with Crippen LogP contribution in [0.15, 0.2) is 12.1 Å². The first kappa shape index (κ1) is 21.3. The molecule has 138 valence electrons. The number of halogens is 3. The number of esters is 1. The van der Waals surface area contributed by atoms with Crippen molar-refractivity contribution >= 4 is 52.7 Å².